The van der Waals surface area contributed by atoms with Crippen molar-refractivity contribution in [3.05, 3.63) is 23.8 Å². The van der Waals surface area contributed by atoms with Crippen LogP contribution in [0.1, 0.15) is 18.4 Å². The predicted molar refractivity (Wildman–Crippen MR) is 65.0 cm³/mol. The summed E-state index contributed by atoms with van der Waals surface area (Å²) < 4.78 is 33.7. The fraction of sp³-hybridized carbons (Fsp3) is 0.500. The monoisotopic (exact) mass is 269 g/mol. The van der Waals surface area contributed by atoms with Crippen LogP contribution >= 0.6 is 0 Å². The molecule has 1 aromatic rings. The smallest absolute Gasteiger partial charge is 0.241 e. The molecule has 0 spiro atoms. The van der Waals surface area contributed by atoms with Crippen LogP contribution in [0.15, 0.2) is 23.1 Å². The second-order valence-corrected chi connectivity index (χ2v) is 6.56. The summed E-state index contributed by atoms with van der Waals surface area (Å²) in [5.41, 5.74) is 0.956. The largest absolute Gasteiger partial charge is 0.495 e. The quantitative estimate of drug-likeness (QED) is 0.879. The molecule has 0 unspecified atom stereocenters. The van der Waals surface area contributed by atoms with Crippen LogP contribution in [0, 0.1) is 0 Å². The Hall–Kier alpha value is -1.11. The molecule has 2 heterocycles. The van der Waals surface area contributed by atoms with E-state index in [1.165, 1.54) is 7.11 Å². The summed E-state index contributed by atoms with van der Waals surface area (Å²) in [5.74, 6) is 0.285. The van der Waals surface area contributed by atoms with E-state index in [1.807, 2.05) is 6.07 Å². The number of benzene rings is 1. The maximum Gasteiger partial charge on any atom is 0.241 e. The second-order valence-electron chi connectivity index (χ2n) is 5.03. The van der Waals surface area contributed by atoms with Gasteiger partial charge in [0, 0.05) is 5.41 Å². The fourth-order valence-corrected chi connectivity index (χ4v) is 3.60. The maximum absolute atomic E-state index is 11.6. The van der Waals surface area contributed by atoms with Crippen LogP contribution in [0.2, 0.25) is 0 Å². The third-order valence-electron chi connectivity index (χ3n) is 3.91. The van der Waals surface area contributed by atoms with Gasteiger partial charge in [-0.3, -0.25) is 0 Å². The summed E-state index contributed by atoms with van der Waals surface area (Å²) >= 11 is 0. The molecule has 3 aliphatic rings. The Morgan fingerprint density at radius 3 is 2.67 bits per heavy atom. The first-order chi connectivity index (χ1) is 8.44. The average molecular weight is 269 g/mol. The van der Waals surface area contributed by atoms with Crippen molar-refractivity contribution in [1.82, 2.24) is 0 Å². The molecule has 1 aromatic carbocycles. The lowest BCUT2D eigenvalue weighted by molar-refractivity contribution is 0.123. The number of sulfonamides is 1. The zero-order valence-electron chi connectivity index (χ0n) is 10.0. The lowest BCUT2D eigenvalue weighted by Gasteiger charge is -2.36. The van der Waals surface area contributed by atoms with E-state index in [1.54, 1.807) is 12.1 Å². The molecule has 0 atom stereocenters. The van der Waals surface area contributed by atoms with Crippen molar-refractivity contribution < 1.29 is 17.9 Å². The van der Waals surface area contributed by atoms with Crippen molar-refractivity contribution in [2.24, 2.45) is 5.14 Å². The highest BCUT2D eigenvalue weighted by Gasteiger charge is 2.53. The Morgan fingerprint density at radius 1 is 1.44 bits per heavy atom. The molecular formula is C12H15NO4S. The Bertz CT molecular complexity index is 585. The number of nitrogens with two attached hydrogens (primary N) is 1. The van der Waals surface area contributed by atoms with Gasteiger partial charge in [0.05, 0.1) is 19.8 Å². The molecule has 0 radical (unpaired) electrons. The molecule has 0 amide bonds. The van der Waals surface area contributed by atoms with E-state index < -0.39 is 10.0 Å². The van der Waals surface area contributed by atoms with Gasteiger partial charge in [0.25, 0.3) is 0 Å². The van der Waals surface area contributed by atoms with Crippen LogP contribution in [0.3, 0.4) is 0 Å². The van der Waals surface area contributed by atoms with Gasteiger partial charge in [-0.1, -0.05) is 6.07 Å². The third kappa shape index (κ3) is 1.64. The van der Waals surface area contributed by atoms with E-state index in [0.717, 1.165) is 18.4 Å². The van der Waals surface area contributed by atoms with E-state index in [4.69, 9.17) is 14.6 Å². The molecule has 2 bridgehead atoms. The summed E-state index contributed by atoms with van der Waals surface area (Å²) in [6.07, 6.45) is 2.26. The van der Waals surface area contributed by atoms with Crippen LogP contribution in [0.5, 0.6) is 5.75 Å². The van der Waals surface area contributed by atoms with Crippen molar-refractivity contribution >= 4 is 10.0 Å². The first-order valence-electron chi connectivity index (χ1n) is 5.78. The van der Waals surface area contributed by atoms with E-state index in [2.05, 4.69) is 0 Å². The van der Waals surface area contributed by atoms with Crippen LogP contribution in [0.25, 0.3) is 0 Å². The summed E-state index contributed by atoms with van der Waals surface area (Å²) in [6, 6.07) is 5.19. The highest BCUT2D eigenvalue weighted by molar-refractivity contribution is 7.89. The molecule has 2 N–H and O–H groups in total. The van der Waals surface area contributed by atoms with Gasteiger partial charge < -0.3 is 9.47 Å². The molecule has 98 valence electrons. The van der Waals surface area contributed by atoms with Crippen LogP contribution in [0.4, 0.5) is 0 Å². The standard InChI is InChI=1S/C12H15NO4S/c1-16-10-3-2-8(4-11(10)18(13,14)15)12-5-9(6-12)17-7-12/h2-4,9H,5-7H2,1H3,(H2,13,14,15). The molecule has 1 aliphatic carbocycles. The second kappa shape index (κ2) is 3.69. The average Bonchev–Trinajstić information content (AvgIpc) is 2.86. The minimum Gasteiger partial charge on any atom is -0.495 e. The maximum atomic E-state index is 11.6. The first-order valence-corrected chi connectivity index (χ1v) is 7.32. The number of rotatable bonds is 3. The Balaban J connectivity index is 2.08. The normalized spacial score (nSPS) is 30.0. The Morgan fingerprint density at radius 2 is 2.17 bits per heavy atom. The Kier molecular flexibility index (Phi) is 2.45. The van der Waals surface area contributed by atoms with Gasteiger partial charge in [0.2, 0.25) is 10.0 Å². The van der Waals surface area contributed by atoms with Crippen molar-refractivity contribution in [3.8, 4) is 5.75 Å². The number of primary sulfonamides is 1. The summed E-state index contributed by atoms with van der Waals surface area (Å²) in [7, 11) is -2.34. The Labute approximate surface area is 106 Å². The molecular weight excluding hydrogens is 254 g/mol. The zero-order valence-corrected chi connectivity index (χ0v) is 10.9. The van der Waals surface area contributed by atoms with E-state index >= 15 is 0 Å². The SMILES string of the molecule is COc1ccc(C23COC(C2)C3)cc1S(N)(=O)=O. The van der Waals surface area contributed by atoms with Crippen molar-refractivity contribution in [2.45, 2.75) is 29.3 Å². The van der Waals surface area contributed by atoms with E-state index in [0.29, 0.717) is 12.7 Å². The van der Waals surface area contributed by atoms with Crippen LogP contribution < -0.4 is 9.88 Å². The van der Waals surface area contributed by atoms with Gasteiger partial charge in [-0.2, -0.15) is 0 Å². The van der Waals surface area contributed by atoms with Crippen molar-refractivity contribution in [2.75, 3.05) is 13.7 Å². The zero-order chi connectivity index (χ0) is 13.0. The molecule has 6 heteroatoms. The summed E-state index contributed by atoms with van der Waals surface area (Å²) in [6.45, 7) is 0.661. The fourth-order valence-electron chi connectivity index (χ4n) is 2.87. The number of hydrogen-bond donors (Lipinski definition) is 1. The van der Waals surface area contributed by atoms with E-state index in [9.17, 15) is 8.42 Å². The molecule has 4 rings (SSSR count). The lowest BCUT2D eigenvalue weighted by Crippen LogP contribution is -2.37. The predicted octanol–water partition coefficient (Wildman–Crippen LogP) is 0.773. The summed E-state index contributed by atoms with van der Waals surface area (Å²) in [5, 5.41) is 5.22. The van der Waals surface area contributed by atoms with Gasteiger partial charge in [0.1, 0.15) is 10.6 Å². The highest BCUT2D eigenvalue weighted by Crippen LogP contribution is 2.52. The topological polar surface area (TPSA) is 78.6 Å². The molecule has 5 nitrogen and oxygen atoms in total. The lowest BCUT2D eigenvalue weighted by atomic mass is 9.66. The number of ether oxygens (including phenoxy) is 2. The highest BCUT2D eigenvalue weighted by atomic mass is 32.2. The van der Waals surface area contributed by atoms with Gasteiger partial charge in [-0.15, -0.1) is 0 Å². The van der Waals surface area contributed by atoms with E-state index in [-0.39, 0.29) is 16.1 Å². The minimum absolute atomic E-state index is 0.0175. The molecule has 3 fully saturated rings. The van der Waals surface area contributed by atoms with Gasteiger partial charge >= 0.3 is 0 Å². The molecule has 2 saturated heterocycles. The van der Waals surface area contributed by atoms with Crippen LogP contribution in [-0.2, 0) is 20.2 Å². The van der Waals surface area contributed by atoms with Crippen molar-refractivity contribution in [1.29, 1.82) is 0 Å². The molecule has 2 aliphatic heterocycles. The number of fused-ring (bicyclic) bond motifs is 1. The summed E-state index contributed by atoms with van der Waals surface area (Å²) in [4.78, 5) is 0.0484. The van der Waals surface area contributed by atoms with Gasteiger partial charge in [-0.05, 0) is 30.5 Å². The number of hydrogen-bond acceptors (Lipinski definition) is 4. The van der Waals surface area contributed by atoms with Crippen LogP contribution in [-0.4, -0.2) is 28.2 Å². The third-order valence-corrected chi connectivity index (χ3v) is 4.85. The minimum atomic E-state index is -3.77. The number of methoxy groups -OCH3 is 1. The first kappa shape index (κ1) is 12.0. The molecule has 18 heavy (non-hydrogen) atoms. The molecule has 1 saturated carbocycles. The molecule has 0 aromatic heterocycles. The van der Waals surface area contributed by atoms with Gasteiger partial charge in [-0.25, -0.2) is 13.6 Å². The van der Waals surface area contributed by atoms with Gasteiger partial charge in [0.15, 0.2) is 0 Å². The van der Waals surface area contributed by atoms with Crippen molar-refractivity contribution in [3.63, 3.8) is 0 Å².